The smallest absolute Gasteiger partial charge is 0.194 e. The number of halogens is 3. The Morgan fingerprint density at radius 2 is 1.52 bits per heavy atom. The molecule has 2 aliphatic rings. The Labute approximate surface area is 124 Å². The largest absolute Gasteiger partial charge is 0.204 e. The van der Waals surface area contributed by atoms with Gasteiger partial charge in [-0.3, -0.25) is 0 Å². The molecule has 2 aliphatic carbocycles. The third-order valence-electron chi connectivity index (χ3n) is 5.46. The van der Waals surface area contributed by atoms with E-state index in [-0.39, 0.29) is 5.92 Å². The summed E-state index contributed by atoms with van der Waals surface area (Å²) in [7, 11) is 0. The molecule has 3 rings (SSSR count). The second-order valence-corrected chi connectivity index (χ2v) is 6.64. The van der Waals surface area contributed by atoms with Crippen LogP contribution in [0.5, 0.6) is 0 Å². The van der Waals surface area contributed by atoms with E-state index in [1.165, 1.54) is 31.4 Å². The number of rotatable bonds is 2. The van der Waals surface area contributed by atoms with Crippen molar-refractivity contribution in [1.82, 2.24) is 0 Å². The van der Waals surface area contributed by atoms with Gasteiger partial charge in [0.25, 0.3) is 0 Å². The maximum atomic E-state index is 13.4. The molecule has 0 bridgehead atoms. The van der Waals surface area contributed by atoms with Gasteiger partial charge in [0.05, 0.1) is 0 Å². The predicted octanol–water partition coefficient (Wildman–Crippen LogP) is 5.59. The first-order valence-electron chi connectivity index (χ1n) is 7.85. The summed E-state index contributed by atoms with van der Waals surface area (Å²) in [6.07, 6.45) is 8.61. The van der Waals surface area contributed by atoms with Gasteiger partial charge in [-0.25, -0.2) is 13.2 Å². The van der Waals surface area contributed by atoms with E-state index in [1.54, 1.807) is 0 Å². The van der Waals surface area contributed by atoms with Gasteiger partial charge in [0.2, 0.25) is 0 Å². The summed E-state index contributed by atoms with van der Waals surface area (Å²) in [6, 6.07) is 2.36. The first-order chi connectivity index (χ1) is 10.1. The van der Waals surface area contributed by atoms with Gasteiger partial charge >= 0.3 is 0 Å². The SMILES string of the molecule is C=C[C@@H]1CC[C@@H]2CC(c3cc(F)c(F)c(F)c3)CC[C@@H]2C1. The maximum Gasteiger partial charge on any atom is 0.194 e. The van der Waals surface area contributed by atoms with Gasteiger partial charge in [-0.1, -0.05) is 6.08 Å². The van der Waals surface area contributed by atoms with E-state index in [1.807, 2.05) is 0 Å². The molecular formula is C18H21F3. The van der Waals surface area contributed by atoms with E-state index >= 15 is 0 Å². The molecule has 0 spiro atoms. The number of fused-ring (bicyclic) bond motifs is 1. The summed E-state index contributed by atoms with van der Waals surface area (Å²) in [5.41, 5.74) is 0.621. The van der Waals surface area contributed by atoms with Crippen molar-refractivity contribution in [2.75, 3.05) is 0 Å². The Morgan fingerprint density at radius 1 is 0.905 bits per heavy atom. The lowest BCUT2D eigenvalue weighted by Crippen LogP contribution is -2.30. The zero-order valence-electron chi connectivity index (χ0n) is 12.1. The summed E-state index contributed by atoms with van der Waals surface area (Å²) in [6.45, 7) is 3.89. The highest BCUT2D eigenvalue weighted by molar-refractivity contribution is 5.24. The first-order valence-corrected chi connectivity index (χ1v) is 7.85. The van der Waals surface area contributed by atoms with Gasteiger partial charge < -0.3 is 0 Å². The summed E-state index contributed by atoms with van der Waals surface area (Å²) in [4.78, 5) is 0. The molecule has 2 fully saturated rings. The van der Waals surface area contributed by atoms with Crippen LogP contribution < -0.4 is 0 Å². The third kappa shape index (κ3) is 2.88. The molecule has 2 saturated carbocycles. The van der Waals surface area contributed by atoms with Gasteiger partial charge in [-0.2, -0.15) is 0 Å². The van der Waals surface area contributed by atoms with E-state index in [9.17, 15) is 13.2 Å². The molecule has 1 unspecified atom stereocenters. The average molecular weight is 294 g/mol. The van der Waals surface area contributed by atoms with Gasteiger partial charge in [-0.05, 0) is 79.9 Å². The topological polar surface area (TPSA) is 0 Å². The molecule has 0 aromatic heterocycles. The fourth-order valence-corrected chi connectivity index (χ4v) is 4.25. The predicted molar refractivity (Wildman–Crippen MR) is 77.4 cm³/mol. The van der Waals surface area contributed by atoms with Crippen molar-refractivity contribution >= 4 is 0 Å². The first kappa shape index (κ1) is 14.7. The minimum Gasteiger partial charge on any atom is -0.204 e. The highest BCUT2D eigenvalue weighted by atomic mass is 19.2. The quantitative estimate of drug-likeness (QED) is 0.492. The number of allylic oxidation sites excluding steroid dienone is 1. The number of hydrogen-bond acceptors (Lipinski definition) is 0. The van der Waals surface area contributed by atoms with Gasteiger partial charge in [0.15, 0.2) is 17.5 Å². The van der Waals surface area contributed by atoms with Gasteiger partial charge in [0.1, 0.15) is 0 Å². The molecule has 0 N–H and O–H groups in total. The van der Waals surface area contributed by atoms with Crippen molar-refractivity contribution in [2.24, 2.45) is 17.8 Å². The van der Waals surface area contributed by atoms with Crippen molar-refractivity contribution in [2.45, 2.75) is 44.4 Å². The molecule has 0 amide bonds. The van der Waals surface area contributed by atoms with Crippen LogP contribution in [-0.2, 0) is 0 Å². The molecule has 1 aromatic carbocycles. The van der Waals surface area contributed by atoms with Crippen LogP contribution in [0.25, 0.3) is 0 Å². The fourth-order valence-electron chi connectivity index (χ4n) is 4.25. The minimum atomic E-state index is -1.36. The summed E-state index contributed by atoms with van der Waals surface area (Å²) in [5.74, 6) is -1.35. The van der Waals surface area contributed by atoms with Crippen LogP contribution in [0.3, 0.4) is 0 Å². The van der Waals surface area contributed by atoms with Gasteiger partial charge in [0, 0.05) is 0 Å². The molecule has 0 heterocycles. The second kappa shape index (κ2) is 5.86. The summed E-state index contributed by atoms with van der Waals surface area (Å²) in [5, 5.41) is 0. The van der Waals surface area contributed by atoms with Crippen LogP contribution >= 0.6 is 0 Å². The summed E-state index contributed by atoms with van der Waals surface area (Å²) >= 11 is 0. The molecule has 0 radical (unpaired) electrons. The van der Waals surface area contributed by atoms with E-state index in [0.29, 0.717) is 23.3 Å². The van der Waals surface area contributed by atoms with Crippen LogP contribution in [0.1, 0.15) is 50.0 Å². The Kier molecular flexibility index (Phi) is 4.10. The minimum absolute atomic E-state index is 0.163. The standard InChI is InChI=1S/C18H21F3/c1-2-11-3-4-13-8-14(6-5-12(13)7-11)15-9-16(19)18(21)17(20)10-15/h2,9-14H,1,3-8H2/t11-,12-,13-,14?/m1/s1. The van der Waals surface area contributed by atoms with Crippen molar-refractivity contribution in [3.8, 4) is 0 Å². The Morgan fingerprint density at radius 3 is 2.19 bits per heavy atom. The lowest BCUT2D eigenvalue weighted by molar-refractivity contribution is 0.133. The van der Waals surface area contributed by atoms with Crippen LogP contribution in [0.15, 0.2) is 24.8 Å². The van der Waals surface area contributed by atoms with Crippen LogP contribution in [0.4, 0.5) is 13.2 Å². The highest BCUT2D eigenvalue weighted by Crippen LogP contribution is 2.47. The fraction of sp³-hybridized carbons (Fsp3) is 0.556. The molecule has 0 nitrogen and oxygen atoms in total. The monoisotopic (exact) mass is 294 g/mol. The van der Waals surface area contributed by atoms with Crippen molar-refractivity contribution < 1.29 is 13.2 Å². The molecule has 1 aromatic rings. The van der Waals surface area contributed by atoms with E-state index in [2.05, 4.69) is 12.7 Å². The Balaban J connectivity index is 1.74. The normalized spacial score (nSPS) is 32.5. The molecule has 21 heavy (non-hydrogen) atoms. The number of hydrogen-bond donors (Lipinski definition) is 0. The zero-order valence-corrected chi connectivity index (χ0v) is 12.1. The van der Waals surface area contributed by atoms with Crippen molar-refractivity contribution in [3.63, 3.8) is 0 Å². The van der Waals surface area contributed by atoms with Crippen LogP contribution in [-0.4, -0.2) is 0 Å². The molecule has 0 saturated heterocycles. The molecular weight excluding hydrogens is 273 g/mol. The molecule has 114 valence electrons. The van der Waals surface area contributed by atoms with Crippen LogP contribution in [0, 0.1) is 35.2 Å². The van der Waals surface area contributed by atoms with E-state index in [4.69, 9.17) is 0 Å². The average Bonchev–Trinajstić information content (AvgIpc) is 2.51. The number of benzene rings is 1. The summed E-state index contributed by atoms with van der Waals surface area (Å²) < 4.78 is 39.9. The Bertz CT molecular complexity index is 514. The third-order valence-corrected chi connectivity index (χ3v) is 5.46. The van der Waals surface area contributed by atoms with Gasteiger partial charge in [-0.15, -0.1) is 6.58 Å². The zero-order chi connectivity index (χ0) is 15.0. The lowest BCUT2D eigenvalue weighted by Gasteiger charge is -2.41. The molecule has 4 atom stereocenters. The maximum absolute atomic E-state index is 13.4. The molecule has 3 heteroatoms. The van der Waals surface area contributed by atoms with Crippen LogP contribution in [0.2, 0.25) is 0 Å². The Hall–Kier alpha value is -1.25. The van der Waals surface area contributed by atoms with E-state index < -0.39 is 17.5 Å². The second-order valence-electron chi connectivity index (χ2n) is 6.64. The lowest BCUT2D eigenvalue weighted by atomic mass is 9.64. The molecule has 0 aliphatic heterocycles. The van der Waals surface area contributed by atoms with Crippen molar-refractivity contribution in [3.05, 3.63) is 47.8 Å². The van der Waals surface area contributed by atoms with E-state index in [0.717, 1.165) is 19.3 Å². The van der Waals surface area contributed by atoms with Crippen molar-refractivity contribution in [1.29, 1.82) is 0 Å². The highest BCUT2D eigenvalue weighted by Gasteiger charge is 2.35.